The van der Waals surface area contributed by atoms with Gasteiger partial charge in [0, 0.05) is 36.8 Å². The molecule has 1 fully saturated rings. The fraction of sp³-hybridized carbons (Fsp3) is 0.444. The van der Waals surface area contributed by atoms with Crippen molar-refractivity contribution in [3.63, 3.8) is 0 Å². The zero-order chi connectivity index (χ0) is 17.8. The van der Waals surface area contributed by atoms with Gasteiger partial charge in [0.2, 0.25) is 5.91 Å². The average Bonchev–Trinajstić information content (AvgIpc) is 3.21. The molecule has 7 heteroatoms. The molecule has 1 atom stereocenters. The molecule has 1 aromatic carbocycles. The van der Waals surface area contributed by atoms with E-state index in [9.17, 15) is 14.0 Å². The number of benzene rings is 1. The van der Waals surface area contributed by atoms with Crippen LogP contribution in [0.1, 0.15) is 24.8 Å². The van der Waals surface area contributed by atoms with Crippen LogP contribution >= 0.6 is 0 Å². The van der Waals surface area contributed by atoms with E-state index in [1.807, 2.05) is 0 Å². The Balaban J connectivity index is 1.73. The molecule has 6 nitrogen and oxygen atoms in total. The first-order chi connectivity index (χ1) is 12.0. The molecule has 2 aromatic rings. The molecule has 2 N–H and O–H groups in total. The van der Waals surface area contributed by atoms with Crippen LogP contribution in [0, 0.1) is 5.82 Å². The zero-order valence-electron chi connectivity index (χ0n) is 13.8. The lowest BCUT2D eigenvalue weighted by atomic mass is 10.1. The van der Waals surface area contributed by atoms with E-state index in [4.69, 9.17) is 9.84 Å². The van der Waals surface area contributed by atoms with Gasteiger partial charge in [0.1, 0.15) is 5.82 Å². The number of fused-ring (bicyclic) bond motifs is 1. The maximum atomic E-state index is 13.5. The van der Waals surface area contributed by atoms with E-state index < -0.39 is 5.97 Å². The van der Waals surface area contributed by atoms with Crippen LogP contribution in [0.25, 0.3) is 10.9 Å². The van der Waals surface area contributed by atoms with Gasteiger partial charge in [0.05, 0.1) is 18.9 Å². The second-order valence-corrected chi connectivity index (χ2v) is 6.30. The molecular formula is C18H21FN2O4. The maximum absolute atomic E-state index is 13.5. The van der Waals surface area contributed by atoms with E-state index in [0.29, 0.717) is 24.1 Å². The van der Waals surface area contributed by atoms with Crippen LogP contribution in [-0.4, -0.2) is 52.7 Å². The SMILES string of the molecule is O=C(O)CCN(C[C@@H]1CCCO1)C(=O)Cc1c[nH]c2ccc(F)cc12. The highest BCUT2D eigenvalue weighted by atomic mass is 19.1. The third kappa shape index (κ3) is 4.36. The number of carbonyl (C=O) groups excluding carboxylic acids is 1. The van der Waals surface area contributed by atoms with Crippen molar-refractivity contribution in [1.29, 1.82) is 0 Å². The van der Waals surface area contributed by atoms with E-state index in [2.05, 4.69) is 4.98 Å². The molecule has 1 aromatic heterocycles. The number of amides is 1. The molecular weight excluding hydrogens is 327 g/mol. The summed E-state index contributed by atoms with van der Waals surface area (Å²) in [6.45, 7) is 1.21. The summed E-state index contributed by atoms with van der Waals surface area (Å²) >= 11 is 0. The molecule has 0 aliphatic carbocycles. The van der Waals surface area contributed by atoms with Gasteiger partial charge in [-0.15, -0.1) is 0 Å². The highest BCUT2D eigenvalue weighted by molar-refractivity contribution is 5.89. The first kappa shape index (κ1) is 17.4. The van der Waals surface area contributed by atoms with Crippen LogP contribution in [0.15, 0.2) is 24.4 Å². The van der Waals surface area contributed by atoms with E-state index in [-0.39, 0.29) is 37.2 Å². The van der Waals surface area contributed by atoms with Crippen LogP contribution in [0.3, 0.4) is 0 Å². The number of aromatic nitrogens is 1. The lowest BCUT2D eigenvalue weighted by molar-refractivity contribution is -0.139. The number of nitrogens with zero attached hydrogens (tertiary/aromatic N) is 1. The van der Waals surface area contributed by atoms with Crippen molar-refractivity contribution < 1.29 is 23.8 Å². The number of hydrogen-bond donors (Lipinski definition) is 2. The summed E-state index contributed by atoms with van der Waals surface area (Å²) in [4.78, 5) is 28.2. The molecule has 0 unspecified atom stereocenters. The molecule has 1 saturated heterocycles. The number of rotatable bonds is 7. The van der Waals surface area contributed by atoms with E-state index in [1.165, 1.54) is 12.1 Å². The molecule has 25 heavy (non-hydrogen) atoms. The Kier molecular flexibility index (Phi) is 5.33. The van der Waals surface area contributed by atoms with Gasteiger partial charge in [-0.3, -0.25) is 9.59 Å². The molecule has 1 amide bonds. The van der Waals surface area contributed by atoms with Gasteiger partial charge in [-0.25, -0.2) is 4.39 Å². The quantitative estimate of drug-likeness (QED) is 0.804. The summed E-state index contributed by atoms with van der Waals surface area (Å²) in [7, 11) is 0. The second-order valence-electron chi connectivity index (χ2n) is 6.30. The lowest BCUT2D eigenvalue weighted by Gasteiger charge is -2.25. The standard InChI is InChI=1S/C18H21FN2O4/c19-13-3-4-16-15(9-13)12(10-20-16)8-17(22)21(6-5-18(23)24)11-14-2-1-7-25-14/h3-4,9-10,14,20H,1-2,5-8,11H2,(H,23,24)/t14-/m0/s1. The fourth-order valence-electron chi connectivity index (χ4n) is 3.15. The number of hydrogen-bond acceptors (Lipinski definition) is 3. The maximum Gasteiger partial charge on any atom is 0.305 e. The minimum Gasteiger partial charge on any atom is -0.481 e. The van der Waals surface area contributed by atoms with Gasteiger partial charge in [0.25, 0.3) is 0 Å². The summed E-state index contributed by atoms with van der Waals surface area (Å²) < 4.78 is 19.0. The Bertz CT molecular complexity index is 768. The Morgan fingerprint density at radius 2 is 2.24 bits per heavy atom. The van der Waals surface area contributed by atoms with Gasteiger partial charge >= 0.3 is 5.97 Å². The predicted molar refractivity (Wildman–Crippen MR) is 89.8 cm³/mol. The van der Waals surface area contributed by atoms with Gasteiger partial charge in [-0.05, 0) is 36.6 Å². The summed E-state index contributed by atoms with van der Waals surface area (Å²) in [5.74, 6) is -1.48. The smallest absolute Gasteiger partial charge is 0.305 e. The number of aromatic amines is 1. The van der Waals surface area contributed by atoms with Crippen molar-refractivity contribution >= 4 is 22.8 Å². The molecule has 134 valence electrons. The molecule has 0 saturated carbocycles. The zero-order valence-corrected chi connectivity index (χ0v) is 13.8. The summed E-state index contributed by atoms with van der Waals surface area (Å²) in [5, 5.41) is 9.59. The Hall–Kier alpha value is -2.41. The molecule has 3 rings (SSSR count). The number of aliphatic carboxylic acids is 1. The Morgan fingerprint density at radius 3 is 2.96 bits per heavy atom. The Labute approximate surface area is 144 Å². The number of carboxylic acid groups (broad SMARTS) is 1. The topological polar surface area (TPSA) is 82.6 Å². The van der Waals surface area contributed by atoms with Gasteiger partial charge in [0.15, 0.2) is 0 Å². The van der Waals surface area contributed by atoms with E-state index in [1.54, 1.807) is 17.2 Å². The summed E-state index contributed by atoms with van der Waals surface area (Å²) in [6, 6.07) is 4.39. The van der Waals surface area contributed by atoms with Crippen molar-refractivity contribution in [3.8, 4) is 0 Å². The van der Waals surface area contributed by atoms with Crippen molar-refractivity contribution in [2.75, 3.05) is 19.7 Å². The van der Waals surface area contributed by atoms with Crippen LogP contribution in [0.4, 0.5) is 4.39 Å². The third-order valence-electron chi connectivity index (χ3n) is 4.47. The molecule has 1 aliphatic heterocycles. The Morgan fingerprint density at radius 1 is 1.40 bits per heavy atom. The number of halogens is 1. The number of nitrogens with one attached hydrogen (secondary N) is 1. The normalized spacial score (nSPS) is 17.1. The highest BCUT2D eigenvalue weighted by Crippen LogP contribution is 2.21. The fourth-order valence-corrected chi connectivity index (χ4v) is 3.15. The molecule has 2 heterocycles. The molecule has 0 bridgehead atoms. The van der Waals surface area contributed by atoms with E-state index in [0.717, 1.165) is 18.4 Å². The predicted octanol–water partition coefficient (Wildman–Crippen LogP) is 2.33. The van der Waals surface area contributed by atoms with Crippen LogP contribution < -0.4 is 0 Å². The molecule has 1 aliphatic rings. The third-order valence-corrected chi connectivity index (χ3v) is 4.47. The van der Waals surface area contributed by atoms with Crippen molar-refractivity contribution in [3.05, 3.63) is 35.8 Å². The lowest BCUT2D eigenvalue weighted by Crippen LogP contribution is -2.39. The average molecular weight is 348 g/mol. The number of ether oxygens (including phenoxy) is 1. The highest BCUT2D eigenvalue weighted by Gasteiger charge is 2.23. The largest absolute Gasteiger partial charge is 0.481 e. The monoisotopic (exact) mass is 348 g/mol. The number of H-pyrrole nitrogens is 1. The molecule has 0 spiro atoms. The summed E-state index contributed by atoms with van der Waals surface area (Å²) in [6.07, 6.45) is 3.46. The minimum atomic E-state index is -0.945. The summed E-state index contributed by atoms with van der Waals surface area (Å²) in [5.41, 5.74) is 1.47. The van der Waals surface area contributed by atoms with Crippen molar-refractivity contribution in [2.45, 2.75) is 31.8 Å². The number of carbonyl (C=O) groups is 2. The first-order valence-electron chi connectivity index (χ1n) is 8.39. The van der Waals surface area contributed by atoms with Gasteiger partial charge < -0.3 is 19.7 Å². The number of carboxylic acids is 1. The second kappa shape index (κ2) is 7.65. The van der Waals surface area contributed by atoms with Gasteiger partial charge in [-0.1, -0.05) is 0 Å². The van der Waals surface area contributed by atoms with Crippen molar-refractivity contribution in [1.82, 2.24) is 9.88 Å². The van der Waals surface area contributed by atoms with Gasteiger partial charge in [-0.2, -0.15) is 0 Å². The van der Waals surface area contributed by atoms with Crippen LogP contribution in [0.5, 0.6) is 0 Å². The van der Waals surface area contributed by atoms with Crippen LogP contribution in [0.2, 0.25) is 0 Å². The van der Waals surface area contributed by atoms with Crippen molar-refractivity contribution in [2.24, 2.45) is 0 Å². The first-order valence-corrected chi connectivity index (χ1v) is 8.39. The minimum absolute atomic E-state index is 0.0434. The molecule has 0 radical (unpaired) electrons. The van der Waals surface area contributed by atoms with Crippen LogP contribution in [-0.2, 0) is 20.7 Å². The van der Waals surface area contributed by atoms with E-state index >= 15 is 0 Å².